The van der Waals surface area contributed by atoms with Crippen molar-refractivity contribution in [2.45, 2.75) is 5.92 Å². The molecule has 164 valence electrons. The summed E-state index contributed by atoms with van der Waals surface area (Å²) in [7, 11) is 0. The van der Waals surface area contributed by atoms with Gasteiger partial charge >= 0.3 is 0 Å². The number of ketones is 2. The molecule has 0 saturated heterocycles. The molecule has 2 aliphatic rings. The molecule has 0 saturated carbocycles. The molecule has 1 aliphatic heterocycles. The lowest BCUT2D eigenvalue weighted by Gasteiger charge is -2.30. The average Bonchev–Trinajstić information content (AvgIpc) is 3.30. The van der Waals surface area contributed by atoms with Gasteiger partial charge in [0.05, 0.1) is 11.4 Å². The lowest BCUT2D eigenvalue weighted by atomic mass is 9.76. The number of allylic oxidation sites excluding steroid dienone is 3. The van der Waals surface area contributed by atoms with Gasteiger partial charge in [-0.15, -0.1) is 0 Å². The van der Waals surface area contributed by atoms with Crippen LogP contribution in [0.25, 0.3) is 17.3 Å². The van der Waals surface area contributed by atoms with Gasteiger partial charge in [0.1, 0.15) is 0 Å². The molecular formula is C28H18ClN3O2. The maximum atomic E-state index is 13.7. The topological polar surface area (TPSA) is 74.8 Å². The average molecular weight is 464 g/mol. The minimum atomic E-state index is -0.472. The number of carbonyl (C=O) groups excluding carboxylic acids is 2. The highest BCUT2D eigenvalue weighted by molar-refractivity contribution is 6.30. The van der Waals surface area contributed by atoms with Gasteiger partial charge in [-0.05, 0) is 17.7 Å². The zero-order valence-electron chi connectivity index (χ0n) is 17.9. The SMILES string of the molecule is O=C1C2=C(C(=O)c3ccccc31)C(/C=C/c1ccccc1)c1c(n[nH]c1-c1ccc(Cl)cc1)N2. The number of aromatic nitrogens is 2. The third-order valence-electron chi connectivity index (χ3n) is 6.24. The summed E-state index contributed by atoms with van der Waals surface area (Å²) < 4.78 is 0. The number of nitrogens with zero attached hydrogens (tertiary/aromatic N) is 1. The Morgan fingerprint density at radius 1 is 0.824 bits per heavy atom. The van der Waals surface area contributed by atoms with Crippen LogP contribution in [0.1, 0.15) is 37.8 Å². The van der Waals surface area contributed by atoms with Crippen molar-refractivity contribution in [2.75, 3.05) is 5.32 Å². The van der Waals surface area contributed by atoms with E-state index in [-0.39, 0.29) is 17.3 Å². The molecule has 2 heterocycles. The maximum Gasteiger partial charge on any atom is 0.210 e. The number of fused-ring (bicyclic) bond motifs is 2. The Morgan fingerprint density at radius 2 is 1.50 bits per heavy atom. The molecule has 1 aliphatic carbocycles. The van der Waals surface area contributed by atoms with Crippen molar-refractivity contribution >= 4 is 35.1 Å². The Bertz CT molecular complexity index is 1520. The smallest absolute Gasteiger partial charge is 0.210 e. The van der Waals surface area contributed by atoms with E-state index in [9.17, 15) is 9.59 Å². The summed E-state index contributed by atoms with van der Waals surface area (Å²) in [4.78, 5) is 27.1. The lowest BCUT2D eigenvalue weighted by Crippen LogP contribution is -2.31. The van der Waals surface area contributed by atoms with Gasteiger partial charge in [-0.25, -0.2) is 0 Å². The Balaban J connectivity index is 1.55. The minimum absolute atomic E-state index is 0.158. The van der Waals surface area contributed by atoms with E-state index in [0.29, 0.717) is 27.5 Å². The number of anilines is 1. The summed E-state index contributed by atoms with van der Waals surface area (Å²) in [5.74, 6) is -0.299. The standard InChI is InChI=1S/C28H18ClN3O2/c29-18-13-11-17(12-14-18)24-23-21(15-10-16-6-2-1-3-7-16)22-25(30-28(23)32-31-24)27(34)20-9-5-4-8-19(20)26(22)33/h1-15,21H,(H2,30,31,32)/b15-10+. The molecule has 3 aromatic carbocycles. The van der Waals surface area contributed by atoms with Crippen LogP contribution in [0.2, 0.25) is 5.02 Å². The molecule has 0 radical (unpaired) electrons. The molecular weight excluding hydrogens is 446 g/mol. The molecule has 6 rings (SSSR count). The number of nitrogens with one attached hydrogen (secondary N) is 2. The quantitative estimate of drug-likeness (QED) is 0.374. The second kappa shape index (κ2) is 7.97. The monoisotopic (exact) mass is 463 g/mol. The van der Waals surface area contributed by atoms with Gasteiger partial charge in [0.2, 0.25) is 5.78 Å². The zero-order chi connectivity index (χ0) is 23.2. The van der Waals surface area contributed by atoms with E-state index in [1.165, 1.54) is 0 Å². The van der Waals surface area contributed by atoms with Crippen molar-refractivity contribution in [3.05, 3.63) is 123 Å². The van der Waals surface area contributed by atoms with Gasteiger partial charge < -0.3 is 5.32 Å². The van der Waals surface area contributed by atoms with Crippen LogP contribution in [0, 0.1) is 0 Å². The van der Waals surface area contributed by atoms with Gasteiger partial charge in [0.15, 0.2) is 11.6 Å². The fourth-order valence-electron chi connectivity index (χ4n) is 4.63. The molecule has 34 heavy (non-hydrogen) atoms. The zero-order valence-corrected chi connectivity index (χ0v) is 18.6. The van der Waals surface area contributed by atoms with Crippen LogP contribution in [0.4, 0.5) is 5.82 Å². The van der Waals surface area contributed by atoms with Crippen LogP contribution in [0.3, 0.4) is 0 Å². The minimum Gasteiger partial charge on any atom is -0.335 e. The predicted octanol–water partition coefficient (Wildman–Crippen LogP) is 6.29. The highest BCUT2D eigenvalue weighted by Crippen LogP contribution is 2.46. The van der Waals surface area contributed by atoms with Crippen molar-refractivity contribution in [2.24, 2.45) is 0 Å². The first-order valence-electron chi connectivity index (χ1n) is 10.9. The van der Waals surface area contributed by atoms with E-state index in [1.807, 2.05) is 66.7 Å². The van der Waals surface area contributed by atoms with Gasteiger partial charge in [-0.3, -0.25) is 14.7 Å². The van der Waals surface area contributed by atoms with Crippen LogP contribution in [0.15, 0.2) is 96.2 Å². The molecule has 0 spiro atoms. The Labute approximate surface area is 200 Å². The van der Waals surface area contributed by atoms with E-state index < -0.39 is 5.92 Å². The number of Topliss-reactive ketones (excluding diaryl/α,β-unsaturated/α-hetero) is 2. The summed E-state index contributed by atoms with van der Waals surface area (Å²) in [5.41, 5.74) is 5.01. The van der Waals surface area contributed by atoms with Crippen LogP contribution >= 0.6 is 11.6 Å². The fraction of sp³-hybridized carbons (Fsp3) is 0.0357. The second-order valence-electron chi connectivity index (χ2n) is 8.23. The van der Waals surface area contributed by atoms with E-state index >= 15 is 0 Å². The van der Waals surface area contributed by atoms with E-state index in [4.69, 9.17) is 11.6 Å². The summed E-state index contributed by atoms with van der Waals surface area (Å²) in [6.45, 7) is 0. The Kier molecular flexibility index (Phi) is 4.78. The highest BCUT2D eigenvalue weighted by Gasteiger charge is 2.41. The van der Waals surface area contributed by atoms with Crippen molar-refractivity contribution in [3.8, 4) is 11.3 Å². The maximum absolute atomic E-state index is 13.7. The van der Waals surface area contributed by atoms with Crippen LogP contribution in [-0.4, -0.2) is 21.8 Å². The van der Waals surface area contributed by atoms with E-state index in [2.05, 4.69) is 15.5 Å². The molecule has 0 fully saturated rings. The first-order chi connectivity index (χ1) is 16.6. The lowest BCUT2D eigenvalue weighted by molar-refractivity contribution is 0.0971. The van der Waals surface area contributed by atoms with E-state index in [1.54, 1.807) is 24.3 Å². The number of rotatable bonds is 3. The highest BCUT2D eigenvalue weighted by atomic mass is 35.5. The molecule has 2 N–H and O–H groups in total. The van der Waals surface area contributed by atoms with Gasteiger partial charge in [0.25, 0.3) is 0 Å². The molecule has 1 aromatic heterocycles. The van der Waals surface area contributed by atoms with Crippen molar-refractivity contribution in [3.63, 3.8) is 0 Å². The Morgan fingerprint density at radius 3 is 2.24 bits per heavy atom. The third-order valence-corrected chi connectivity index (χ3v) is 6.49. The number of hydrogen-bond donors (Lipinski definition) is 2. The normalized spacial score (nSPS) is 16.8. The number of halogens is 1. The molecule has 0 bridgehead atoms. The Hall–Kier alpha value is -4.22. The predicted molar refractivity (Wildman–Crippen MR) is 133 cm³/mol. The van der Waals surface area contributed by atoms with Gasteiger partial charge in [-0.1, -0.05) is 90.5 Å². The van der Waals surface area contributed by atoms with Gasteiger partial charge in [0, 0.05) is 38.8 Å². The number of benzene rings is 3. The molecule has 0 amide bonds. The van der Waals surface area contributed by atoms with Crippen molar-refractivity contribution in [1.82, 2.24) is 10.2 Å². The van der Waals surface area contributed by atoms with Crippen LogP contribution < -0.4 is 5.32 Å². The number of hydrogen-bond acceptors (Lipinski definition) is 4. The van der Waals surface area contributed by atoms with Gasteiger partial charge in [-0.2, -0.15) is 5.10 Å². The van der Waals surface area contributed by atoms with Crippen molar-refractivity contribution in [1.29, 1.82) is 0 Å². The fourth-order valence-corrected chi connectivity index (χ4v) is 4.75. The largest absolute Gasteiger partial charge is 0.335 e. The second-order valence-corrected chi connectivity index (χ2v) is 8.67. The first kappa shape index (κ1) is 20.4. The molecule has 4 aromatic rings. The molecule has 1 unspecified atom stereocenters. The van der Waals surface area contributed by atoms with Crippen molar-refractivity contribution < 1.29 is 9.59 Å². The summed E-state index contributed by atoms with van der Waals surface area (Å²) in [6, 6.07) is 24.2. The number of H-pyrrole nitrogens is 1. The number of carbonyl (C=O) groups is 2. The summed E-state index contributed by atoms with van der Waals surface area (Å²) >= 11 is 6.10. The summed E-state index contributed by atoms with van der Waals surface area (Å²) in [6.07, 6.45) is 3.94. The molecule has 5 nitrogen and oxygen atoms in total. The first-order valence-corrected chi connectivity index (χ1v) is 11.3. The van der Waals surface area contributed by atoms with E-state index in [0.717, 1.165) is 22.4 Å². The molecule has 6 heteroatoms. The molecule has 1 atom stereocenters. The number of aromatic amines is 1. The van der Waals surface area contributed by atoms with Crippen LogP contribution in [0.5, 0.6) is 0 Å². The third kappa shape index (κ3) is 3.21. The summed E-state index contributed by atoms with van der Waals surface area (Å²) in [5, 5.41) is 11.4. The van der Waals surface area contributed by atoms with Crippen LogP contribution in [-0.2, 0) is 0 Å².